The van der Waals surface area contributed by atoms with Gasteiger partial charge in [-0.05, 0) is 56.3 Å². The first kappa shape index (κ1) is 24.1. The zero-order valence-corrected chi connectivity index (χ0v) is 20.1. The van der Waals surface area contributed by atoms with Gasteiger partial charge in [0.05, 0.1) is 14.2 Å². The Morgan fingerprint density at radius 2 is 1.69 bits per heavy atom. The van der Waals surface area contributed by atoms with Gasteiger partial charge in [0, 0.05) is 56.4 Å². The molecule has 1 saturated heterocycles. The lowest BCUT2D eigenvalue weighted by Gasteiger charge is -2.35. The Bertz CT molecular complexity index is 874. The number of ether oxygens (including phenoxy) is 2. The minimum atomic E-state index is 0.117. The van der Waals surface area contributed by atoms with Gasteiger partial charge >= 0.3 is 0 Å². The first-order valence-corrected chi connectivity index (χ1v) is 11.5. The molecule has 1 amide bonds. The zero-order chi connectivity index (χ0) is 23.1. The van der Waals surface area contributed by atoms with Gasteiger partial charge in [0.25, 0.3) is 5.91 Å². The molecule has 0 aromatic heterocycles. The smallest absolute Gasteiger partial charge is 0.253 e. The van der Waals surface area contributed by atoms with Crippen molar-refractivity contribution in [2.24, 2.45) is 0 Å². The summed E-state index contributed by atoms with van der Waals surface area (Å²) in [5.41, 5.74) is 3.11. The molecule has 0 atom stereocenters. The Morgan fingerprint density at radius 1 is 1.00 bits per heavy atom. The monoisotopic (exact) mass is 439 g/mol. The fourth-order valence-corrected chi connectivity index (χ4v) is 4.18. The SMILES string of the molecule is CCN(Cc1ccc(C(=O)N2CCN(Cc3cc(OC)ccc3OC)CC2)cc1)C(C)C. The molecule has 1 aliphatic heterocycles. The second-order valence-corrected chi connectivity index (χ2v) is 8.60. The van der Waals surface area contributed by atoms with Crippen molar-refractivity contribution in [2.75, 3.05) is 46.9 Å². The Hall–Kier alpha value is -2.57. The fraction of sp³-hybridized carbons (Fsp3) is 0.500. The Kier molecular flexibility index (Phi) is 8.53. The molecule has 6 heteroatoms. The van der Waals surface area contributed by atoms with Gasteiger partial charge in [0.1, 0.15) is 11.5 Å². The summed E-state index contributed by atoms with van der Waals surface area (Å²) in [6, 6.07) is 14.5. The molecule has 0 radical (unpaired) electrons. The summed E-state index contributed by atoms with van der Waals surface area (Å²) in [6.45, 7) is 12.4. The van der Waals surface area contributed by atoms with Crippen LogP contribution in [0.1, 0.15) is 42.3 Å². The molecular weight excluding hydrogens is 402 g/mol. The summed E-state index contributed by atoms with van der Waals surface area (Å²) in [6.07, 6.45) is 0. The highest BCUT2D eigenvalue weighted by Gasteiger charge is 2.23. The van der Waals surface area contributed by atoms with Crippen molar-refractivity contribution in [1.29, 1.82) is 0 Å². The molecule has 1 aliphatic rings. The van der Waals surface area contributed by atoms with Gasteiger partial charge in [-0.15, -0.1) is 0 Å². The maximum Gasteiger partial charge on any atom is 0.253 e. The van der Waals surface area contributed by atoms with E-state index in [4.69, 9.17) is 9.47 Å². The van der Waals surface area contributed by atoms with Gasteiger partial charge in [-0.3, -0.25) is 14.6 Å². The number of benzene rings is 2. The topological polar surface area (TPSA) is 45.3 Å². The summed E-state index contributed by atoms with van der Waals surface area (Å²) in [5, 5.41) is 0. The molecule has 174 valence electrons. The molecule has 0 N–H and O–H groups in total. The van der Waals surface area contributed by atoms with Crippen LogP contribution in [0.2, 0.25) is 0 Å². The van der Waals surface area contributed by atoms with Crippen molar-refractivity contribution >= 4 is 5.91 Å². The summed E-state index contributed by atoms with van der Waals surface area (Å²) in [4.78, 5) is 19.7. The van der Waals surface area contributed by atoms with Crippen LogP contribution in [-0.2, 0) is 13.1 Å². The molecule has 32 heavy (non-hydrogen) atoms. The second kappa shape index (κ2) is 11.3. The molecule has 2 aromatic carbocycles. The van der Waals surface area contributed by atoms with Crippen molar-refractivity contribution in [2.45, 2.75) is 39.9 Å². The molecule has 0 unspecified atom stereocenters. The van der Waals surface area contributed by atoms with E-state index in [1.165, 1.54) is 5.56 Å². The number of carbonyl (C=O) groups is 1. The third-order valence-corrected chi connectivity index (χ3v) is 6.26. The van der Waals surface area contributed by atoms with E-state index in [2.05, 4.69) is 42.7 Å². The minimum absolute atomic E-state index is 0.117. The van der Waals surface area contributed by atoms with Crippen molar-refractivity contribution in [3.05, 3.63) is 59.2 Å². The van der Waals surface area contributed by atoms with Gasteiger partial charge in [-0.1, -0.05) is 19.1 Å². The number of amides is 1. The highest BCUT2D eigenvalue weighted by molar-refractivity contribution is 5.94. The van der Waals surface area contributed by atoms with Crippen LogP contribution in [0, 0.1) is 0 Å². The third-order valence-electron chi connectivity index (χ3n) is 6.26. The van der Waals surface area contributed by atoms with Gasteiger partial charge in [-0.25, -0.2) is 0 Å². The van der Waals surface area contributed by atoms with Crippen molar-refractivity contribution in [3.63, 3.8) is 0 Å². The molecule has 1 fully saturated rings. The van der Waals surface area contributed by atoms with Gasteiger partial charge < -0.3 is 14.4 Å². The number of hydrogen-bond acceptors (Lipinski definition) is 5. The third kappa shape index (κ3) is 6.02. The molecule has 0 bridgehead atoms. The average Bonchev–Trinajstić information content (AvgIpc) is 2.82. The summed E-state index contributed by atoms with van der Waals surface area (Å²) >= 11 is 0. The fourth-order valence-electron chi connectivity index (χ4n) is 4.18. The molecule has 0 aliphatic carbocycles. The van der Waals surface area contributed by atoms with E-state index in [1.54, 1.807) is 14.2 Å². The lowest BCUT2D eigenvalue weighted by atomic mass is 10.1. The highest BCUT2D eigenvalue weighted by Crippen LogP contribution is 2.25. The van der Waals surface area contributed by atoms with E-state index in [0.29, 0.717) is 6.04 Å². The molecule has 0 spiro atoms. The Labute approximate surface area is 192 Å². The van der Waals surface area contributed by atoms with E-state index in [9.17, 15) is 4.79 Å². The largest absolute Gasteiger partial charge is 0.497 e. The number of rotatable bonds is 9. The van der Waals surface area contributed by atoms with Crippen LogP contribution in [0.25, 0.3) is 0 Å². The van der Waals surface area contributed by atoms with Crippen molar-refractivity contribution in [1.82, 2.24) is 14.7 Å². The average molecular weight is 440 g/mol. The lowest BCUT2D eigenvalue weighted by Crippen LogP contribution is -2.48. The molecule has 6 nitrogen and oxygen atoms in total. The number of methoxy groups -OCH3 is 2. The number of piperazine rings is 1. The van der Waals surface area contributed by atoms with Crippen LogP contribution in [-0.4, -0.2) is 73.6 Å². The van der Waals surface area contributed by atoms with Crippen LogP contribution < -0.4 is 9.47 Å². The normalized spacial score (nSPS) is 14.8. The van der Waals surface area contributed by atoms with Crippen LogP contribution in [0.5, 0.6) is 11.5 Å². The number of carbonyl (C=O) groups excluding carboxylic acids is 1. The Balaban J connectivity index is 1.55. The quantitative estimate of drug-likeness (QED) is 0.593. The zero-order valence-electron chi connectivity index (χ0n) is 20.1. The lowest BCUT2D eigenvalue weighted by molar-refractivity contribution is 0.0627. The van der Waals surface area contributed by atoms with Crippen LogP contribution in [0.4, 0.5) is 0 Å². The van der Waals surface area contributed by atoms with E-state index < -0.39 is 0 Å². The van der Waals surface area contributed by atoms with E-state index in [1.807, 2.05) is 35.2 Å². The van der Waals surface area contributed by atoms with Gasteiger partial charge in [0.15, 0.2) is 0 Å². The molecule has 1 heterocycles. The number of nitrogens with zero attached hydrogens (tertiary/aromatic N) is 3. The molecule has 2 aromatic rings. The first-order chi connectivity index (χ1) is 15.4. The van der Waals surface area contributed by atoms with E-state index >= 15 is 0 Å². The van der Waals surface area contributed by atoms with Crippen LogP contribution >= 0.6 is 0 Å². The van der Waals surface area contributed by atoms with E-state index in [-0.39, 0.29) is 5.91 Å². The summed E-state index contributed by atoms with van der Waals surface area (Å²) in [7, 11) is 3.36. The van der Waals surface area contributed by atoms with Crippen LogP contribution in [0.3, 0.4) is 0 Å². The standard InChI is InChI=1S/C26H37N3O3/c1-6-28(20(2)3)18-21-7-9-22(10-8-21)26(30)29-15-13-27(14-16-29)19-23-17-24(31-4)11-12-25(23)32-5/h7-12,17,20H,6,13-16,18-19H2,1-5H3. The van der Waals surface area contributed by atoms with Gasteiger partial charge in [0.2, 0.25) is 0 Å². The molecular formula is C26H37N3O3. The van der Waals surface area contributed by atoms with E-state index in [0.717, 1.165) is 68.4 Å². The number of hydrogen-bond donors (Lipinski definition) is 0. The minimum Gasteiger partial charge on any atom is -0.497 e. The first-order valence-electron chi connectivity index (χ1n) is 11.5. The second-order valence-electron chi connectivity index (χ2n) is 8.60. The maximum atomic E-state index is 13.0. The van der Waals surface area contributed by atoms with Crippen LogP contribution in [0.15, 0.2) is 42.5 Å². The summed E-state index contributed by atoms with van der Waals surface area (Å²) < 4.78 is 10.9. The predicted molar refractivity (Wildman–Crippen MR) is 128 cm³/mol. The maximum absolute atomic E-state index is 13.0. The highest BCUT2D eigenvalue weighted by atomic mass is 16.5. The molecule has 3 rings (SSSR count). The summed E-state index contributed by atoms with van der Waals surface area (Å²) in [5.74, 6) is 1.81. The molecule has 0 saturated carbocycles. The predicted octanol–water partition coefficient (Wildman–Crippen LogP) is 3.89. The van der Waals surface area contributed by atoms with Crippen molar-refractivity contribution < 1.29 is 14.3 Å². The van der Waals surface area contributed by atoms with Gasteiger partial charge in [-0.2, -0.15) is 0 Å². The Morgan fingerprint density at radius 3 is 2.25 bits per heavy atom. The van der Waals surface area contributed by atoms with Crippen molar-refractivity contribution in [3.8, 4) is 11.5 Å².